The van der Waals surface area contributed by atoms with Crippen LogP contribution in [0.1, 0.15) is 53.4 Å². The molecule has 1 nitrogen and oxygen atoms in total. The maximum Gasteiger partial charge on any atom is 0.0766 e. The Morgan fingerprint density at radius 3 is 2.36 bits per heavy atom. The second-order valence-corrected chi connectivity index (χ2v) is 6.23. The van der Waals surface area contributed by atoms with Crippen LogP contribution in [0.4, 0.5) is 0 Å². The first-order chi connectivity index (χ1) is 6.34. The van der Waals surface area contributed by atoms with Crippen molar-refractivity contribution in [1.82, 2.24) is 0 Å². The van der Waals surface area contributed by atoms with Gasteiger partial charge in [-0.25, -0.2) is 0 Å². The van der Waals surface area contributed by atoms with Gasteiger partial charge in [-0.3, -0.25) is 0 Å². The summed E-state index contributed by atoms with van der Waals surface area (Å²) in [7, 11) is 0. The van der Waals surface area contributed by atoms with E-state index in [0.717, 1.165) is 6.42 Å². The van der Waals surface area contributed by atoms with Crippen molar-refractivity contribution < 1.29 is 5.11 Å². The van der Waals surface area contributed by atoms with Gasteiger partial charge in [-0.15, -0.1) is 0 Å². The molecule has 0 aliphatic heterocycles. The predicted molar refractivity (Wildman–Crippen MR) is 59.1 cm³/mol. The molecule has 2 rings (SSSR count). The van der Waals surface area contributed by atoms with Crippen LogP contribution in [0.25, 0.3) is 0 Å². The first-order valence-electron chi connectivity index (χ1n) is 5.77. The van der Waals surface area contributed by atoms with Crippen LogP contribution in [0.5, 0.6) is 0 Å². The molecule has 0 saturated heterocycles. The molecule has 2 aliphatic carbocycles. The highest BCUT2D eigenvalue weighted by Crippen LogP contribution is 2.54. The van der Waals surface area contributed by atoms with E-state index in [1.165, 1.54) is 24.8 Å². The van der Waals surface area contributed by atoms with Crippen LogP contribution in [0.3, 0.4) is 0 Å². The van der Waals surface area contributed by atoms with E-state index in [1.54, 1.807) is 5.57 Å². The van der Waals surface area contributed by atoms with Crippen molar-refractivity contribution in [2.24, 2.45) is 10.8 Å². The highest BCUT2D eigenvalue weighted by molar-refractivity contribution is 5.36. The molecule has 0 aromatic carbocycles. The summed E-state index contributed by atoms with van der Waals surface area (Å²) in [5, 5.41) is 10.1. The molecule has 0 aromatic rings. The van der Waals surface area contributed by atoms with Crippen LogP contribution in [0.15, 0.2) is 11.1 Å². The Labute approximate surface area is 87.2 Å². The molecule has 0 heterocycles. The Morgan fingerprint density at radius 2 is 1.79 bits per heavy atom. The van der Waals surface area contributed by atoms with Gasteiger partial charge in [-0.05, 0) is 42.1 Å². The number of aliphatic hydroxyl groups is 1. The minimum atomic E-state index is -0.171. The number of hydrogen-bond acceptors (Lipinski definition) is 1. The van der Waals surface area contributed by atoms with Crippen molar-refractivity contribution in [2.45, 2.75) is 59.5 Å². The van der Waals surface area contributed by atoms with Gasteiger partial charge in [0.15, 0.2) is 0 Å². The molecule has 1 unspecified atom stereocenters. The fourth-order valence-electron chi connectivity index (χ4n) is 3.45. The van der Waals surface area contributed by atoms with Crippen molar-refractivity contribution in [3.8, 4) is 0 Å². The lowest BCUT2D eigenvalue weighted by Crippen LogP contribution is -2.25. The van der Waals surface area contributed by atoms with Crippen LogP contribution < -0.4 is 0 Å². The summed E-state index contributed by atoms with van der Waals surface area (Å²) in [5.41, 5.74) is 3.41. The Kier molecular flexibility index (Phi) is 2.08. The largest absolute Gasteiger partial charge is 0.389 e. The van der Waals surface area contributed by atoms with E-state index in [2.05, 4.69) is 27.7 Å². The van der Waals surface area contributed by atoms with Gasteiger partial charge in [0.2, 0.25) is 0 Å². The molecule has 0 fully saturated rings. The number of rotatable bonds is 0. The molecule has 0 aromatic heterocycles. The lowest BCUT2D eigenvalue weighted by atomic mass is 9.70. The van der Waals surface area contributed by atoms with Gasteiger partial charge in [0, 0.05) is 0 Å². The topological polar surface area (TPSA) is 20.2 Å². The van der Waals surface area contributed by atoms with Gasteiger partial charge in [0.1, 0.15) is 0 Å². The standard InChI is InChI=1S/C13H22O/c1-12(2)7-5-6-9-11(12)10(14)8-13(9,3)4/h10,14H,5-8H2,1-4H3. The third kappa shape index (κ3) is 1.33. The zero-order valence-corrected chi connectivity index (χ0v) is 9.85. The quantitative estimate of drug-likeness (QED) is 0.587. The molecule has 14 heavy (non-hydrogen) atoms. The summed E-state index contributed by atoms with van der Waals surface area (Å²) in [5.74, 6) is 0. The summed E-state index contributed by atoms with van der Waals surface area (Å²) in [6.07, 6.45) is 4.50. The monoisotopic (exact) mass is 194 g/mol. The van der Waals surface area contributed by atoms with Crippen LogP contribution in [-0.2, 0) is 0 Å². The van der Waals surface area contributed by atoms with E-state index in [1.807, 2.05) is 0 Å². The summed E-state index contributed by atoms with van der Waals surface area (Å²) < 4.78 is 0. The van der Waals surface area contributed by atoms with Crippen LogP contribution in [0, 0.1) is 10.8 Å². The maximum absolute atomic E-state index is 10.1. The molecule has 1 N–H and O–H groups in total. The first-order valence-corrected chi connectivity index (χ1v) is 5.77. The van der Waals surface area contributed by atoms with Gasteiger partial charge in [0.05, 0.1) is 6.10 Å². The fourth-order valence-corrected chi connectivity index (χ4v) is 3.45. The summed E-state index contributed by atoms with van der Waals surface area (Å²) in [4.78, 5) is 0. The maximum atomic E-state index is 10.1. The zero-order valence-electron chi connectivity index (χ0n) is 9.85. The van der Waals surface area contributed by atoms with Gasteiger partial charge < -0.3 is 5.11 Å². The van der Waals surface area contributed by atoms with Crippen molar-refractivity contribution in [1.29, 1.82) is 0 Å². The number of aliphatic hydroxyl groups excluding tert-OH is 1. The highest BCUT2D eigenvalue weighted by Gasteiger charge is 2.45. The minimum absolute atomic E-state index is 0.171. The third-order valence-corrected chi connectivity index (χ3v) is 4.14. The Hall–Kier alpha value is -0.300. The smallest absolute Gasteiger partial charge is 0.0766 e. The Bertz CT molecular complexity index is 284. The predicted octanol–water partition coefficient (Wildman–Crippen LogP) is 3.28. The minimum Gasteiger partial charge on any atom is -0.389 e. The van der Waals surface area contributed by atoms with Crippen molar-refractivity contribution in [3.05, 3.63) is 11.1 Å². The Morgan fingerprint density at radius 1 is 1.14 bits per heavy atom. The lowest BCUT2D eigenvalue weighted by Gasteiger charge is -2.35. The second kappa shape index (κ2) is 2.85. The van der Waals surface area contributed by atoms with E-state index >= 15 is 0 Å². The molecule has 0 amide bonds. The number of allylic oxidation sites excluding steroid dienone is 1. The van der Waals surface area contributed by atoms with E-state index in [0.29, 0.717) is 0 Å². The molecular weight excluding hydrogens is 172 g/mol. The molecule has 0 radical (unpaired) electrons. The summed E-state index contributed by atoms with van der Waals surface area (Å²) in [6.45, 7) is 9.12. The first kappa shape index (κ1) is 10.2. The zero-order chi connectivity index (χ0) is 10.6. The van der Waals surface area contributed by atoms with Crippen molar-refractivity contribution >= 4 is 0 Å². The second-order valence-electron chi connectivity index (χ2n) is 6.23. The Balaban J connectivity index is 2.48. The normalized spacial score (nSPS) is 34.5. The van der Waals surface area contributed by atoms with Gasteiger partial charge >= 0.3 is 0 Å². The molecule has 0 spiro atoms. The van der Waals surface area contributed by atoms with Crippen LogP contribution in [0.2, 0.25) is 0 Å². The molecular formula is C13H22O. The van der Waals surface area contributed by atoms with Crippen molar-refractivity contribution in [3.63, 3.8) is 0 Å². The highest BCUT2D eigenvalue weighted by atomic mass is 16.3. The number of hydrogen-bond donors (Lipinski definition) is 1. The van der Waals surface area contributed by atoms with Crippen LogP contribution in [-0.4, -0.2) is 11.2 Å². The fraction of sp³-hybridized carbons (Fsp3) is 0.846. The van der Waals surface area contributed by atoms with E-state index in [9.17, 15) is 5.11 Å². The van der Waals surface area contributed by atoms with Crippen LogP contribution >= 0.6 is 0 Å². The summed E-state index contributed by atoms with van der Waals surface area (Å²) in [6, 6.07) is 0. The molecule has 1 heteroatoms. The average molecular weight is 194 g/mol. The molecule has 2 aliphatic rings. The SMILES string of the molecule is CC1(C)CC(O)C2=C1CCCC2(C)C. The molecule has 1 atom stereocenters. The van der Waals surface area contributed by atoms with E-state index in [4.69, 9.17) is 0 Å². The molecule has 80 valence electrons. The van der Waals surface area contributed by atoms with Gasteiger partial charge in [-0.1, -0.05) is 33.3 Å². The third-order valence-electron chi connectivity index (χ3n) is 4.14. The van der Waals surface area contributed by atoms with E-state index in [-0.39, 0.29) is 16.9 Å². The lowest BCUT2D eigenvalue weighted by molar-refractivity contribution is 0.161. The summed E-state index contributed by atoms with van der Waals surface area (Å²) >= 11 is 0. The average Bonchev–Trinajstić information content (AvgIpc) is 2.22. The van der Waals surface area contributed by atoms with Gasteiger partial charge in [0.25, 0.3) is 0 Å². The molecule has 0 saturated carbocycles. The van der Waals surface area contributed by atoms with E-state index < -0.39 is 0 Å². The molecule has 0 bridgehead atoms. The van der Waals surface area contributed by atoms with Crippen molar-refractivity contribution in [2.75, 3.05) is 0 Å². The van der Waals surface area contributed by atoms with Gasteiger partial charge in [-0.2, -0.15) is 0 Å².